The lowest BCUT2D eigenvalue weighted by molar-refractivity contribution is 0.0697. The highest BCUT2D eigenvalue weighted by Gasteiger charge is 2.24. The second kappa shape index (κ2) is 4.38. The second-order valence-electron chi connectivity index (χ2n) is 2.71. The molecule has 9 heteroatoms. The van der Waals surface area contributed by atoms with Crippen LogP contribution in [0.25, 0.3) is 0 Å². The smallest absolute Gasteiger partial charge is 0.338 e. The molecule has 0 spiro atoms. The van der Waals surface area contributed by atoms with Gasteiger partial charge < -0.3 is 5.11 Å². The monoisotopic (exact) mass is 303 g/mol. The van der Waals surface area contributed by atoms with Crippen molar-refractivity contribution in [2.24, 2.45) is 5.14 Å². The molecule has 88 valence electrons. The van der Waals surface area contributed by atoms with Crippen molar-refractivity contribution in [1.29, 1.82) is 0 Å². The van der Waals surface area contributed by atoms with Gasteiger partial charge in [0.25, 0.3) is 0 Å². The molecule has 0 fully saturated rings. The molecule has 0 atom stereocenters. The van der Waals surface area contributed by atoms with Crippen molar-refractivity contribution in [2.45, 2.75) is 4.90 Å². The van der Waals surface area contributed by atoms with Gasteiger partial charge in [0.05, 0.1) is 20.6 Å². The van der Waals surface area contributed by atoms with Crippen LogP contribution in [-0.2, 0) is 10.0 Å². The third kappa shape index (κ3) is 2.41. The normalized spacial score (nSPS) is 11.5. The van der Waals surface area contributed by atoms with Crippen LogP contribution >= 0.6 is 34.8 Å². The number of hydrogen-bond donors (Lipinski definition) is 2. The lowest BCUT2D eigenvalue weighted by Crippen LogP contribution is -2.14. The molecule has 16 heavy (non-hydrogen) atoms. The Bertz CT molecular complexity index is 569. The number of hydrogen-bond acceptors (Lipinski definition) is 3. The summed E-state index contributed by atoms with van der Waals surface area (Å²) < 4.78 is 22.2. The number of carbonyl (C=O) groups is 1. The molecule has 0 aliphatic carbocycles. The minimum absolute atomic E-state index is 0.257. The fourth-order valence-corrected chi connectivity index (χ4v) is 2.71. The summed E-state index contributed by atoms with van der Waals surface area (Å²) in [6.07, 6.45) is 0. The van der Waals surface area contributed by atoms with Gasteiger partial charge in [0.15, 0.2) is 0 Å². The van der Waals surface area contributed by atoms with Gasteiger partial charge in [0.2, 0.25) is 10.0 Å². The average Bonchev–Trinajstić information content (AvgIpc) is 2.09. The van der Waals surface area contributed by atoms with Crippen molar-refractivity contribution >= 4 is 50.8 Å². The summed E-state index contributed by atoms with van der Waals surface area (Å²) in [4.78, 5) is 10.2. The van der Waals surface area contributed by atoms with Crippen LogP contribution in [0.2, 0.25) is 15.1 Å². The first-order valence-corrected chi connectivity index (χ1v) is 6.28. The van der Waals surface area contributed by atoms with E-state index in [4.69, 9.17) is 45.0 Å². The van der Waals surface area contributed by atoms with Crippen molar-refractivity contribution in [1.82, 2.24) is 0 Å². The largest absolute Gasteiger partial charge is 0.478 e. The van der Waals surface area contributed by atoms with Crippen molar-refractivity contribution in [3.05, 3.63) is 26.7 Å². The van der Waals surface area contributed by atoms with E-state index >= 15 is 0 Å². The Morgan fingerprint density at radius 2 is 1.75 bits per heavy atom. The molecular formula is C7H4Cl3NO4S. The van der Waals surface area contributed by atoms with Crippen LogP contribution in [0.4, 0.5) is 0 Å². The fourth-order valence-electron chi connectivity index (χ4n) is 0.976. The number of halogens is 3. The molecule has 0 aromatic heterocycles. The molecule has 0 saturated heterocycles. The van der Waals surface area contributed by atoms with Gasteiger partial charge in [-0.25, -0.2) is 18.4 Å². The molecule has 0 saturated carbocycles. The topological polar surface area (TPSA) is 97.5 Å². The van der Waals surface area contributed by atoms with Gasteiger partial charge >= 0.3 is 5.97 Å². The van der Waals surface area contributed by atoms with Crippen LogP contribution in [0.3, 0.4) is 0 Å². The Hall–Kier alpha value is -0.530. The van der Waals surface area contributed by atoms with E-state index in [9.17, 15) is 13.2 Å². The van der Waals surface area contributed by atoms with Crippen LogP contribution in [0.1, 0.15) is 10.4 Å². The minimum atomic E-state index is -4.17. The molecule has 1 rings (SSSR count). The molecule has 0 heterocycles. The Kier molecular flexibility index (Phi) is 3.71. The quantitative estimate of drug-likeness (QED) is 0.816. The number of aromatic carboxylic acids is 1. The highest BCUT2D eigenvalue weighted by molar-refractivity contribution is 7.89. The molecule has 3 N–H and O–H groups in total. The van der Waals surface area contributed by atoms with Crippen LogP contribution in [0.5, 0.6) is 0 Å². The molecule has 0 amide bonds. The standard InChI is InChI=1S/C7H4Cl3NO4S/c8-2-1-3(16(11,14)15)6(10)4(5(2)9)7(12)13/h1H,(H,12,13)(H2,11,14,15). The van der Waals surface area contributed by atoms with Gasteiger partial charge in [-0.3, -0.25) is 0 Å². The maximum Gasteiger partial charge on any atom is 0.338 e. The van der Waals surface area contributed by atoms with Crippen LogP contribution < -0.4 is 5.14 Å². The first-order valence-electron chi connectivity index (χ1n) is 3.60. The van der Waals surface area contributed by atoms with Crippen LogP contribution in [0.15, 0.2) is 11.0 Å². The van der Waals surface area contributed by atoms with E-state index < -0.39 is 31.5 Å². The Morgan fingerprint density at radius 1 is 1.25 bits per heavy atom. The summed E-state index contributed by atoms with van der Waals surface area (Å²) in [5, 5.41) is 12.5. The maximum absolute atomic E-state index is 11.1. The zero-order valence-electron chi connectivity index (χ0n) is 7.37. The summed E-state index contributed by atoms with van der Waals surface area (Å²) in [6.45, 7) is 0. The van der Waals surface area contributed by atoms with E-state index in [0.717, 1.165) is 6.07 Å². The van der Waals surface area contributed by atoms with Crippen molar-refractivity contribution in [3.8, 4) is 0 Å². The third-order valence-electron chi connectivity index (χ3n) is 1.64. The summed E-state index contributed by atoms with van der Waals surface area (Å²) in [5.74, 6) is -1.50. The van der Waals surface area contributed by atoms with Crippen LogP contribution in [0, 0.1) is 0 Å². The lowest BCUT2D eigenvalue weighted by atomic mass is 10.2. The SMILES string of the molecule is NS(=O)(=O)c1cc(Cl)c(Cl)c(C(=O)O)c1Cl. The van der Waals surface area contributed by atoms with E-state index in [1.165, 1.54) is 0 Å². The second-order valence-corrected chi connectivity index (χ2v) is 5.40. The van der Waals surface area contributed by atoms with Gasteiger partial charge in [-0.15, -0.1) is 0 Å². The highest BCUT2D eigenvalue weighted by Crippen LogP contribution is 2.36. The first-order chi connectivity index (χ1) is 7.16. The Balaban J connectivity index is 3.78. The summed E-state index contributed by atoms with van der Waals surface area (Å²) in [7, 11) is -4.17. The molecule has 0 bridgehead atoms. The molecule has 0 aliphatic rings. The number of carboxylic acid groups (broad SMARTS) is 1. The molecule has 1 aromatic rings. The average molecular weight is 305 g/mol. The Labute approximate surface area is 106 Å². The van der Waals surface area contributed by atoms with E-state index in [0.29, 0.717) is 0 Å². The van der Waals surface area contributed by atoms with E-state index in [2.05, 4.69) is 0 Å². The van der Waals surface area contributed by atoms with Gasteiger partial charge in [0, 0.05) is 0 Å². The predicted octanol–water partition coefficient (Wildman–Crippen LogP) is 1.99. The molecule has 5 nitrogen and oxygen atoms in total. The number of benzene rings is 1. The first kappa shape index (κ1) is 13.5. The minimum Gasteiger partial charge on any atom is -0.478 e. The predicted molar refractivity (Wildman–Crippen MR) is 59.8 cm³/mol. The fraction of sp³-hybridized carbons (Fsp3) is 0. The molecule has 0 unspecified atom stereocenters. The van der Waals surface area contributed by atoms with E-state index in [-0.39, 0.29) is 10.0 Å². The van der Waals surface area contributed by atoms with Gasteiger partial charge in [-0.05, 0) is 6.07 Å². The third-order valence-corrected chi connectivity index (χ3v) is 3.87. The highest BCUT2D eigenvalue weighted by atomic mass is 35.5. The van der Waals surface area contributed by atoms with E-state index in [1.54, 1.807) is 0 Å². The molecule has 0 radical (unpaired) electrons. The summed E-state index contributed by atoms with van der Waals surface area (Å²) in [6, 6.07) is 0.897. The number of carboxylic acids is 1. The number of rotatable bonds is 2. The number of sulfonamides is 1. The Morgan fingerprint density at radius 3 is 2.12 bits per heavy atom. The molecular weight excluding hydrogens is 301 g/mol. The van der Waals surface area contributed by atoms with Crippen molar-refractivity contribution in [3.63, 3.8) is 0 Å². The number of nitrogens with two attached hydrogens (primary N) is 1. The zero-order chi connectivity index (χ0) is 12.7. The van der Waals surface area contributed by atoms with Gasteiger partial charge in [-0.2, -0.15) is 0 Å². The molecule has 0 aliphatic heterocycles. The van der Waals surface area contributed by atoms with Gasteiger partial charge in [-0.1, -0.05) is 34.8 Å². The van der Waals surface area contributed by atoms with Crippen molar-refractivity contribution in [2.75, 3.05) is 0 Å². The van der Waals surface area contributed by atoms with Gasteiger partial charge in [0.1, 0.15) is 4.90 Å². The van der Waals surface area contributed by atoms with E-state index in [1.807, 2.05) is 0 Å². The zero-order valence-corrected chi connectivity index (χ0v) is 10.5. The summed E-state index contributed by atoms with van der Waals surface area (Å²) in [5.41, 5.74) is -0.597. The lowest BCUT2D eigenvalue weighted by Gasteiger charge is -2.08. The maximum atomic E-state index is 11.1. The van der Waals surface area contributed by atoms with Crippen LogP contribution in [-0.4, -0.2) is 19.5 Å². The molecule has 1 aromatic carbocycles. The summed E-state index contributed by atoms with van der Waals surface area (Å²) >= 11 is 16.7. The van der Waals surface area contributed by atoms with Crippen molar-refractivity contribution < 1.29 is 18.3 Å². The number of primary sulfonamides is 1.